The molecule has 1 N–H and O–H groups in total. The van der Waals surface area contributed by atoms with Gasteiger partial charge in [0, 0.05) is 22.0 Å². The number of Topliss-reactive ketones (excluding diaryl/α,β-unsaturated/α-hetero) is 1. The van der Waals surface area contributed by atoms with E-state index < -0.39 is 6.10 Å². The summed E-state index contributed by atoms with van der Waals surface area (Å²) in [6, 6.07) is 12.4. The first-order valence-corrected chi connectivity index (χ1v) is 6.69. The molecule has 1 heterocycles. The highest BCUT2D eigenvalue weighted by atomic mass is 79.9. The maximum atomic E-state index is 12.2. The number of ketones is 1. The van der Waals surface area contributed by atoms with Gasteiger partial charge in [-0.25, -0.2) is 0 Å². The minimum absolute atomic E-state index is 0.00352. The number of ether oxygens (including phenoxy) is 1. The molecule has 1 atom stereocenters. The second kappa shape index (κ2) is 4.70. The van der Waals surface area contributed by atoms with Gasteiger partial charge in [0.05, 0.1) is 0 Å². The van der Waals surface area contributed by atoms with Gasteiger partial charge in [0.25, 0.3) is 0 Å². The summed E-state index contributed by atoms with van der Waals surface area (Å²) in [6.45, 7) is 0. The number of hydrogen-bond donors (Lipinski definition) is 1. The van der Waals surface area contributed by atoms with Crippen molar-refractivity contribution in [2.75, 3.05) is 0 Å². The Balaban J connectivity index is 1.98. The Bertz CT molecular complexity index is 652. The summed E-state index contributed by atoms with van der Waals surface area (Å²) in [5.41, 5.74) is 1.56. The van der Waals surface area contributed by atoms with Crippen LogP contribution in [0.4, 0.5) is 0 Å². The molecule has 0 radical (unpaired) electrons. The molecule has 3 nitrogen and oxygen atoms in total. The summed E-state index contributed by atoms with van der Waals surface area (Å²) in [4.78, 5) is 12.2. The van der Waals surface area contributed by atoms with Gasteiger partial charge in [0.15, 0.2) is 11.9 Å². The second-order valence-corrected chi connectivity index (χ2v) is 5.40. The molecule has 0 fully saturated rings. The van der Waals surface area contributed by atoms with Crippen molar-refractivity contribution in [2.24, 2.45) is 0 Å². The molecule has 0 spiro atoms. The first-order chi connectivity index (χ1) is 9.13. The Morgan fingerprint density at radius 3 is 2.84 bits per heavy atom. The van der Waals surface area contributed by atoms with Crippen LogP contribution in [0.1, 0.15) is 17.2 Å². The highest BCUT2D eigenvalue weighted by Crippen LogP contribution is 2.35. The number of carbonyl (C=O) groups excluding carboxylic acids is 1. The van der Waals surface area contributed by atoms with E-state index in [2.05, 4.69) is 15.9 Å². The van der Waals surface area contributed by atoms with Crippen molar-refractivity contribution in [3.8, 4) is 11.5 Å². The van der Waals surface area contributed by atoms with Crippen LogP contribution in [0.15, 0.2) is 46.9 Å². The molecule has 0 amide bonds. The lowest BCUT2D eigenvalue weighted by Crippen LogP contribution is -2.25. The number of fused-ring (bicyclic) bond motifs is 1. The van der Waals surface area contributed by atoms with Crippen molar-refractivity contribution in [3.05, 3.63) is 58.1 Å². The van der Waals surface area contributed by atoms with Gasteiger partial charge in [-0.3, -0.25) is 4.79 Å². The first-order valence-electron chi connectivity index (χ1n) is 5.90. The van der Waals surface area contributed by atoms with Crippen molar-refractivity contribution in [1.29, 1.82) is 0 Å². The number of phenolic OH excluding ortho intramolecular Hbond substituents is 1. The van der Waals surface area contributed by atoms with Crippen LogP contribution in [-0.2, 0) is 11.2 Å². The zero-order valence-corrected chi connectivity index (χ0v) is 11.6. The van der Waals surface area contributed by atoms with E-state index in [-0.39, 0.29) is 18.0 Å². The molecule has 0 aromatic heterocycles. The van der Waals surface area contributed by atoms with Gasteiger partial charge in [0.2, 0.25) is 0 Å². The number of carbonyl (C=O) groups is 1. The molecule has 1 unspecified atom stereocenters. The summed E-state index contributed by atoms with van der Waals surface area (Å²) in [5, 5.41) is 9.42. The SMILES string of the molecule is O=C1Cc2cc(O)ccc2OC1c1cccc(Br)c1. The molecule has 3 rings (SSSR count). The highest BCUT2D eigenvalue weighted by molar-refractivity contribution is 9.10. The number of rotatable bonds is 1. The minimum atomic E-state index is -0.574. The molecule has 0 bridgehead atoms. The van der Waals surface area contributed by atoms with E-state index in [0.29, 0.717) is 5.75 Å². The predicted octanol–water partition coefficient (Wildman–Crippen LogP) is 3.40. The fourth-order valence-corrected chi connectivity index (χ4v) is 2.63. The largest absolute Gasteiger partial charge is 0.508 e. The van der Waals surface area contributed by atoms with Crippen LogP contribution in [-0.4, -0.2) is 10.9 Å². The van der Waals surface area contributed by atoms with Gasteiger partial charge in [-0.15, -0.1) is 0 Å². The van der Waals surface area contributed by atoms with E-state index in [1.54, 1.807) is 18.2 Å². The lowest BCUT2D eigenvalue weighted by molar-refractivity contribution is -0.126. The van der Waals surface area contributed by atoms with Gasteiger partial charge < -0.3 is 9.84 Å². The van der Waals surface area contributed by atoms with E-state index in [1.807, 2.05) is 24.3 Å². The number of benzene rings is 2. The molecule has 0 saturated carbocycles. The molecular weight excluding hydrogens is 308 g/mol. The molecular formula is C15H11BrO3. The Labute approximate surface area is 119 Å². The van der Waals surface area contributed by atoms with Crippen LogP contribution in [0, 0.1) is 0 Å². The Morgan fingerprint density at radius 1 is 1.21 bits per heavy atom. The van der Waals surface area contributed by atoms with E-state index in [1.165, 1.54) is 0 Å². The van der Waals surface area contributed by atoms with E-state index in [0.717, 1.165) is 15.6 Å². The maximum absolute atomic E-state index is 12.2. The smallest absolute Gasteiger partial charge is 0.182 e. The lowest BCUT2D eigenvalue weighted by atomic mass is 9.96. The summed E-state index contributed by atoms with van der Waals surface area (Å²) in [5.74, 6) is 0.801. The topological polar surface area (TPSA) is 46.5 Å². The minimum Gasteiger partial charge on any atom is -0.508 e. The van der Waals surface area contributed by atoms with Crippen LogP contribution < -0.4 is 4.74 Å². The second-order valence-electron chi connectivity index (χ2n) is 4.49. The van der Waals surface area contributed by atoms with Gasteiger partial charge in [-0.1, -0.05) is 28.1 Å². The van der Waals surface area contributed by atoms with Crippen molar-refractivity contribution in [1.82, 2.24) is 0 Å². The van der Waals surface area contributed by atoms with E-state index in [9.17, 15) is 9.90 Å². The molecule has 96 valence electrons. The van der Waals surface area contributed by atoms with Crippen LogP contribution >= 0.6 is 15.9 Å². The average molecular weight is 319 g/mol. The van der Waals surface area contributed by atoms with Crippen LogP contribution in [0.25, 0.3) is 0 Å². The lowest BCUT2D eigenvalue weighted by Gasteiger charge is -2.25. The molecule has 4 heteroatoms. The van der Waals surface area contributed by atoms with Crippen LogP contribution in [0.5, 0.6) is 11.5 Å². The predicted molar refractivity (Wildman–Crippen MR) is 74.3 cm³/mol. The zero-order chi connectivity index (χ0) is 13.4. The molecule has 2 aromatic rings. The molecule has 0 saturated heterocycles. The molecule has 1 aliphatic rings. The number of hydrogen-bond acceptors (Lipinski definition) is 3. The van der Waals surface area contributed by atoms with Crippen LogP contribution in [0.3, 0.4) is 0 Å². The van der Waals surface area contributed by atoms with Crippen molar-refractivity contribution < 1.29 is 14.6 Å². The zero-order valence-electron chi connectivity index (χ0n) is 9.97. The third kappa shape index (κ3) is 2.36. The normalized spacial score (nSPS) is 17.7. The Hall–Kier alpha value is -1.81. The van der Waals surface area contributed by atoms with E-state index >= 15 is 0 Å². The summed E-state index contributed by atoms with van der Waals surface area (Å²) >= 11 is 3.39. The quantitative estimate of drug-likeness (QED) is 0.876. The van der Waals surface area contributed by atoms with Gasteiger partial charge in [0.1, 0.15) is 11.5 Å². The van der Waals surface area contributed by atoms with Gasteiger partial charge in [-0.2, -0.15) is 0 Å². The summed E-state index contributed by atoms with van der Waals surface area (Å²) in [7, 11) is 0. The standard InChI is InChI=1S/C15H11BrO3/c16-11-3-1-2-9(6-11)15-13(18)8-10-7-12(17)4-5-14(10)19-15/h1-7,15,17H,8H2. The molecule has 19 heavy (non-hydrogen) atoms. The summed E-state index contributed by atoms with van der Waals surface area (Å²) < 4.78 is 6.67. The average Bonchev–Trinajstić information content (AvgIpc) is 2.37. The number of aromatic hydroxyl groups is 1. The monoisotopic (exact) mass is 318 g/mol. The Kier molecular flexibility index (Phi) is 3.03. The molecule has 2 aromatic carbocycles. The molecule has 0 aliphatic carbocycles. The molecule has 1 aliphatic heterocycles. The third-order valence-electron chi connectivity index (χ3n) is 3.10. The Morgan fingerprint density at radius 2 is 2.05 bits per heavy atom. The van der Waals surface area contributed by atoms with Gasteiger partial charge in [-0.05, 0) is 30.3 Å². The highest BCUT2D eigenvalue weighted by Gasteiger charge is 2.29. The number of phenols is 1. The van der Waals surface area contributed by atoms with Crippen molar-refractivity contribution in [2.45, 2.75) is 12.5 Å². The third-order valence-corrected chi connectivity index (χ3v) is 3.59. The van der Waals surface area contributed by atoms with Crippen molar-refractivity contribution >= 4 is 21.7 Å². The fourth-order valence-electron chi connectivity index (χ4n) is 2.22. The van der Waals surface area contributed by atoms with Gasteiger partial charge >= 0.3 is 0 Å². The van der Waals surface area contributed by atoms with Crippen LogP contribution in [0.2, 0.25) is 0 Å². The summed E-state index contributed by atoms with van der Waals surface area (Å²) in [6.07, 6.45) is -0.296. The first kappa shape index (κ1) is 12.2. The van der Waals surface area contributed by atoms with E-state index in [4.69, 9.17) is 4.74 Å². The van der Waals surface area contributed by atoms with Crippen molar-refractivity contribution in [3.63, 3.8) is 0 Å². The number of halogens is 1. The fraction of sp³-hybridized carbons (Fsp3) is 0.133. The maximum Gasteiger partial charge on any atom is 0.182 e.